The summed E-state index contributed by atoms with van der Waals surface area (Å²) in [6.45, 7) is 0.970. The van der Waals surface area contributed by atoms with E-state index in [1.165, 1.54) is 11.3 Å². The van der Waals surface area contributed by atoms with Gasteiger partial charge in [0.2, 0.25) is 0 Å². The lowest BCUT2D eigenvalue weighted by molar-refractivity contribution is 0.437. The van der Waals surface area contributed by atoms with Crippen LogP contribution in [0.25, 0.3) is 20.8 Å². The molecule has 3 aromatic rings. The number of thioether (sulfide) groups is 1. The second-order valence-corrected chi connectivity index (χ2v) is 7.36. The van der Waals surface area contributed by atoms with Crippen molar-refractivity contribution in [3.05, 3.63) is 47.0 Å². The Morgan fingerprint density at radius 1 is 1.17 bits per heavy atom. The van der Waals surface area contributed by atoms with E-state index in [9.17, 15) is 4.79 Å². The van der Waals surface area contributed by atoms with Crippen molar-refractivity contribution in [1.82, 2.24) is 19.9 Å². The van der Waals surface area contributed by atoms with Crippen LogP contribution in [-0.2, 0) is 0 Å². The Bertz CT molecular complexity index is 879. The van der Waals surface area contributed by atoms with Gasteiger partial charge >= 0.3 is 0 Å². The first kappa shape index (κ1) is 16.0. The molecule has 0 aliphatic heterocycles. The number of fused-ring (bicyclic) bond motifs is 1. The fourth-order valence-corrected chi connectivity index (χ4v) is 3.89. The Balaban J connectivity index is 1.91. The largest absolute Gasteiger partial charge is 0.309 e. The lowest BCUT2D eigenvalue weighted by Gasteiger charge is -2.08. The third kappa shape index (κ3) is 3.93. The van der Waals surface area contributed by atoms with Crippen LogP contribution in [0.5, 0.6) is 0 Å². The topological polar surface area (TPSA) is 59.0 Å². The normalized spacial score (nSPS) is 11.3. The first-order valence-corrected chi connectivity index (χ1v) is 8.93. The quantitative estimate of drug-likeness (QED) is 0.663. The van der Waals surface area contributed by atoms with Gasteiger partial charge in [0.05, 0.1) is 17.8 Å². The van der Waals surface area contributed by atoms with E-state index in [1.807, 2.05) is 32.3 Å². The number of hydrogen-bond acceptors (Lipinski definition) is 7. The first-order valence-electron chi connectivity index (χ1n) is 7.13. The van der Waals surface area contributed by atoms with E-state index in [-0.39, 0.29) is 5.56 Å². The van der Waals surface area contributed by atoms with E-state index >= 15 is 0 Å². The Kier molecular flexibility index (Phi) is 5.00. The number of aromatic nitrogens is 3. The fraction of sp³-hybridized carbons (Fsp3) is 0.250. The summed E-state index contributed by atoms with van der Waals surface area (Å²) in [6, 6.07) is 7.49. The van der Waals surface area contributed by atoms with E-state index < -0.39 is 0 Å². The average molecular weight is 344 g/mol. The second kappa shape index (κ2) is 7.16. The van der Waals surface area contributed by atoms with Crippen LogP contribution in [0, 0.1) is 0 Å². The van der Waals surface area contributed by atoms with E-state index in [2.05, 4.69) is 19.9 Å². The molecule has 7 heteroatoms. The molecular weight excluding hydrogens is 328 g/mol. The summed E-state index contributed by atoms with van der Waals surface area (Å²) >= 11 is 3.11. The maximum absolute atomic E-state index is 12.1. The Morgan fingerprint density at radius 3 is 2.83 bits per heavy atom. The fourth-order valence-electron chi connectivity index (χ4n) is 1.97. The summed E-state index contributed by atoms with van der Waals surface area (Å²) in [5.41, 5.74) is 0.425. The number of rotatable bonds is 5. The molecule has 0 amide bonds. The highest BCUT2D eigenvalue weighted by Gasteiger charge is 2.09. The average Bonchev–Trinajstić information content (AvgIpc) is 2.55. The molecule has 0 aliphatic rings. The molecule has 0 radical (unpaired) electrons. The van der Waals surface area contributed by atoms with Crippen LogP contribution in [0.15, 0.2) is 46.5 Å². The molecule has 0 bridgehead atoms. The van der Waals surface area contributed by atoms with Crippen LogP contribution in [0.3, 0.4) is 0 Å². The summed E-state index contributed by atoms with van der Waals surface area (Å²) in [5.74, 6) is 0.937. The molecule has 0 saturated heterocycles. The minimum Gasteiger partial charge on any atom is -0.309 e. The molecule has 0 unspecified atom stereocenters. The van der Waals surface area contributed by atoms with Gasteiger partial charge in [0.1, 0.15) is 15.7 Å². The minimum atomic E-state index is -0.221. The van der Waals surface area contributed by atoms with Gasteiger partial charge in [-0.2, -0.15) is 4.98 Å². The summed E-state index contributed by atoms with van der Waals surface area (Å²) in [6.07, 6.45) is 3.40. The summed E-state index contributed by atoms with van der Waals surface area (Å²) in [5, 5.41) is 2.10. The van der Waals surface area contributed by atoms with Gasteiger partial charge in [0.25, 0.3) is 5.56 Å². The van der Waals surface area contributed by atoms with Gasteiger partial charge in [-0.1, -0.05) is 12.1 Å². The molecule has 0 atom stereocenters. The maximum atomic E-state index is 12.1. The molecule has 5 nitrogen and oxygen atoms in total. The van der Waals surface area contributed by atoms with Gasteiger partial charge in [-0.25, -0.2) is 4.98 Å². The molecule has 0 aliphatic carbocycles. The van der Waals surface area contributed by atoms with Gasteiger partial charge < -0.3 is 4.90 Å². The minimum absolute atomic E-state index is 0.221. The monoisotopic (exact) mass is 344 g/mol. The number of benzene rings is 1. The predicted molar refractivity (Wildman–Crippen MR) is 96.2 cm³/mol. The van der Waals surface area contributed by atoms with Gasteiger partial charge in [-0.3, -0.25) is 9.78 Å². The molecule has 2 heterocycles. The molecule has 23 heavy (non-hydrogen) atoms. The van der Waals surface area contributed by atoms with Gasteiger partial charge in [-0.05, 0) is 26.2 Å². The van der Waals surface area contributed by atoms with Crippen molar-refractivity contribution in [3.8, 4) is 10.7 Å². The van der Waals surface area contributed by atoms with Gasteiger partial charge in [0.15, 0.2) is 0 Å². The zero-order chi connectivity index (χ0) is 16.2. The first-order chi connectivity index (χ1) is 11.1. The third-order valence-electron chi connectivity index (χ3n) is 3.15. The predicted octanol–water partition coefficient (Wildman–Crippen LogP) is 2.77. The smallest absolute Gasteiger partial charge is 0.279 e. The zero-order valence-corrected chi connectivity index (χ0v) is 14.5. The number of hydrogen-bond donors (Lipinski definition) is 0. The zero-order valence-electron chi connectivity index (χ0n) is 12.9. The van der Waals surface area contributed by atoms with Crippen LogP contribution in [0.1, 0.15) is 0 Å². The number of nitrogens with zero attached hydrogens (tertiary/aromatic N) is 4. The molecule has 2 aromatic heterocycles. The Hall–Kier alpha value is -1.83. The maximum Gasteiger partial charge on any atom is 0.279 e. The molecule has 0 spiro atoms. The van der Waals surface area contributed by atoms with Crippen LogP contribution < -0.4 is 5.56 Å². The Labute approximate surface area is 142 Å². The van der Waals surface area contributed by atoms with Crippen LogP contribution in [0.4, 0.5) is 0 Å². The van der Waals surface area contributed by atoms with Crippen LogP contribution >= 0.6 is 23.1 Å². The molecule has 0 fully saturated rings. The van der Waals surface area contributed by atoms with Crippen molar-refractivity contribution in [3.63, 3.8) is 0 Å². The lowest BCUT2D eigenvalue weighted by atomic mass is 10.3. The molecule has 1 aromatic carbocycles. The highest BCUT2D eigenvalue weighted by Crippen LogP contribution is 2.25. The van der Waals surface area contributed by atoms with Crippen molar-refractivity contribution in [2.24, 2.45) is 0 Å². The third-order valence-corrected chi connectivity index (χ3v) is 5.10. The van der Waals surface area contributed by atoms with Crippen molar-refractivity contribution in [1.29, 1.82) is 0 Å². The molecule has 0 N–H and O–H groups in total. The summed E-state index contributed by atoms with van der Waals surface area (Å²) in [7, 11) is 4.08. The highest BCUT2D eigenvalue weighted by molar-refractivity contribution is 7.99. The molecule has 118 valence electrons. The van der Waals surface area contributed by atoms with Crippen molar-refractivity contribution in [2.75, 3.05) is 26.4 Å². The standard InChI is InChI=1S/C16H16N4OS2/c1-20(2)7-8-22-14-10-17-9-12(18-14)16-19-15(21)11-5-3-4-6-13(11)23-16/h3-6,9-10H,7-8H2,1-2H3. The van der Waals surface area contributed by atoms with Crippen molar-refractivity contribution >= 4 is 33.2 Å². The second-order valence-electron chi connectivity index (χ2n) is 5.21. The highest BCUT2D eigenvalue weighted by atomic mass is 32.2. The summed E-state index contributed by atoms with van der Waals surface area (Å²) in [4.78, 5) is 27.2. The van der Waals surface area contributed by atoms with Gasteiger partial charge in [-0.15, -0.1) is 23.1 Å². The SMILES string of the molecule is CN(C)CCSc1cncc(-c2nc(=O)c3ccccc3s2)n1. The van der Waals surface area contributed by atoms with Crippen molar-refractivity contribution in [2.45, 2.75) is 5.03 Å². The molecule has 0 saturated carbocycles. The van der Waals surface area contributed by atoms with Crippen molar-refractivity contribution < 1.29 is 0 Å². The van der Waals surface area contributed by atoms with Crippen LogP contribution in [-0.4, -0.2) is 46.2 Å². The lowest BCUT2D eigenvalue weighted by Crippen LogP contribution is -2.14. The summed E-state index contributed by atoms with van der Waals surface area (Å²) < 4.78 is 0.912. The van der Waals surface area contributed by atoms with E-state index in [4.69, 9.17) is 0 Å². The molecule has 3 rings (SSSR count). The van der Waals surface area contributed by atoms with Gasteiger partial charge in [0, 0.05) is 17.0 Å². The molecular formula is C16H16N4OS2. The van der Waals surface area contributed by atoms with E-state index in [1.54, 1.807) is 30.2 Å². The van der Waals surface area contributed by atoms with Crippen LogP contribution in [0.2, 0.25) is 0 Å². The van der Waals surface area contributed by atoms with E-state index in [0.717, 1.165) is 22.0 Å². The Morgan fingerprint density at radius 2 is 2.00 bits per heavy atom. The van der Waals surface area contributed by atoms with E-state index in [0.29, 0.717) is 16.1 Å².